The minimum Gasteiger partial charge on any atom is -0.485 e. The van der Waals surface area contributed by atoms with Gasteiger partial charge in [-0.25, -0.2) is 4.98 Å². The Kier molecular flexibility index (Phi) is 5.78. The highest BCUT2D eigenvalue weighted by molar-refractivity contribution is 6.04. The molecule has 0 fully saturated rings. The molecule has 1 heterocycles. The fourth-order valence-electron chi connectivity index (χ4n) is 2.83. The van der Waals surface area contributed by atoms with Gasteiger partial charge in [-0.15, -0.1) is 0 Å². The predicted molar refractivity (Wildman–Crippen MR) is 113 cm³/mol. The number of hydrogen-bond donors (Lipinski definition) is 1. The summed E-state index contributed by atoms with van der Waals surface area (Å²) in [5.74, 6) is 0.756. The second kappa shape index (κ2) is 8.26. The van der Waals surface area contributed by atoms with Gasteiger partial charge in [0.15, 0.2) is 11.6 Å². The summed E-state index contributed by atoms with van der Waals surface area (Å²) in [7, 11) is 0. The largest absolute Gasteiger partial charge is 0.485 e. The van der Waals surface area contributed by atoms with Crippen molar-refractivity contribution in [3.63, 3.8) is 0 Å². The lowest BCUT2D eigenvalue weighted by molar-refractivity contribution is 0.102. The van der Waals surface area contributed by atoms with Gasteiger partial charge < -0.3 is 10.1 Å². The lowest BCUT2D eigenvalue weighted by Crippen LogP contribution is -2.15. The monoisotopic (exact) mass is 374 g/mol. The first-order valence-corrected chi connectivity index (χ1v) is 9.39. The number of nitrogens with one attached hydrogen (secondary N) is 1. The van der Waals surface area contributed by atoms with Crippen molar-refractivity contribution in [2.45, 2.75) is 39.7 Å². The Hall–Kier alpha value is -3.14. The van der Waals surface area contributed by atoms with E-state index in [0.29, 0.717) is 23.7 Å². The Morgan fingerprint density at radius 1 is 1.00 bits per heavy atom. The molecule has 0 aliphatic carbocycles. The molecular weight excluding hydrogens is 348 g/mol. The molecule has 28 heavy (non-hydrogen) atoms. The molecule has 0 unspecified atom stereocenters. The van der Waals surface area contributed by atoms with Crippen LogP contribution in [0.4, 0.5) is 5.82 Å². The number of aromatic nitrogens is 1. The fourth-order valence-corrected chi connectivity index (χ4v) is 2.83. The van der Waals surface area contributed by atoms with Gasteiger partial charge in [-0.1, -0.05) is 57.2 Å². The Morgan fingerprint density at radius 2 is 1.71 bits per heavy atom. The zero-order valence-corrected chi connectivity index (χ0v) is 16.8. The van der Waals surface area contributed by atoms with Gasteiger partial charge in [0.05, 0.1) is 0 Å². The highest BCUT2D eigenvalue weighted by atomic mass is 16.5. The van der Waals surface area contributed by atoms with E-state index in [2.05, 4.69) is 31.1 Å². The van der Waals surface area contributed by atoms with Crippen LogP contribution in [0.1, 0.15) is 47.8 Å². The molecule has 3 rings (SSSR count). The van der Waals surface area contributed by atoms with Crippen LogP contribution >= 0.6 is 0 Å². The number of aryl methyl sites for hydroxylation is 1. The summed E-state index contributed by atoms with van der Waals surface area (Å²) >= 11 is 0. The zero-order chi connectivity index (χ0) is 20.1. The zero-order valence-electron chi connectivity index (χ0n) is 16.8. The Bertz CT molecular complexity index is 957. The number of nitrogens with zero attached hydrogens (tertiary/aromatic N) is 1. The molecule has 4 heteroatoms. The number of benzene rings is 2. The van der Waals surface area contributed by atoms with E-state index in [4.69, 9.17) is 4.74 Å². The van der Waals surface area contributed by atoms with Crippen molar-refractivity contribution in [3.05, 3.63) is 89.1 Å². The first kappa shape index (κ1) is 19.6. The van der Waals surface area contributed by atoms with E-state index in [9.17, 15) is 4.79 Å². The van der Waals surface area contributed by atoms with Crippen LogP contribution in [0.2, 0.25) is 0 Å². The quantitative estimate of drug-likeness (QED) is 0.640. The van der Waals surface area contributed by atoms with E-state index in [1.54, 1.807) is 12.3 Å². The van der Waals surface area contributed by atoms with Crippen LogP contribution in [0.5, 0.6) is 5.75 Å². The maximum absolute atomic E-state index is 12.6. The molecule has 0 radical (unpaired) electrons. The summed E-state index contributed by atoms with van der Waals surface area (Å²) in [5, 5.41) is 2.86. The van der Waals surface area contributed by atoms with Crippen molar-refractivity contribution in [2.75, 3.05) is 5.32 Å². The molecule has 0 spiro atoms. The first-order valence-electron chi connectivity index (χ1n) is 9.39. The van der Waals surface area contributed by atoms with E-state index < -0.39 is 0 Å². The lowest BCUT2D eigenvalue weighted by Gasteiger charge is -2.19. The third-order valence-electron chi connectivity index (χ3n) is 4.66. The van der Waals surface area contributed by atoms with Gasteiger partial charge in [0, 0.05) is 11.8 Å². The molecular formula is C24H26N2O2. The van der Waals surface area contributed by atoms with Crippen LogP contribution in [-0.4, -0.2) is 10.9 Å². The Balaban J connectivity index is 1.72. The average molecular weight is 374 g/mol. The summed E-state index contributed by atoms with van der Waals surface area (Å²) in [5.41, 5.74) is 4.08. The van der Waals surface area contributed by atoms with Gasteiger partial charge >= 0.3 is 0 Å². The van der Waals surface area contributed by atoms with Crippen LogP contribution in [-0.2, 0) is 12.0 Å². The maximum Gasteiger partial charge on any atom is 0.256 e. The summed E-state index contributed by atoms with van der Waals surface area (Å²) in [6, 6.07) is 19.3. The molecule has 144 valence electrons. The standard InChI is InChI=1S/C24H26N2O2/c1-17-8-5-6-9-19(17)16-28-21-10-7-15-25-22(21)26-23(27)18-11-13-20(14-12-18)24(2,3)4/h5-15H,16H2,1-4H3,(H,25,26,27). The number of hydrogen-bond acceptors (Lipinski definition) is 3. The molecule has 1 amide bonds. The molecule has 0 aliphatic rings. The minimum atomic E-state index is -0.208. The van der Waals surface area contributed by atoms with Crippen LogP contribution in [0.3, 0.4) is 0 Å². The number of anilines is 1. The molecule has 1 aromatic heterocycles. The molecule has 0 aliphatic heterocycles. The van der Waals surface area contributed by atoms with Crippen molar-refractivity contribution in [1.82, 2.24) is 4.98 Å². The predicted octanol–water partition coefficient (Wildman–Crippen LogP) is 5.52. The normalized spacial score (nSPS) is 11.1. The SMILES string of the molecule is Cc1ccccc1COc1cccnc1NC(=O)c1ccc(C(C)(C)C)cc1. The third kappa shape index (κ3) is 4.77. The van der Waals surface area contributed by atoms with Crippen molar-refractivity contribution >= 4 is 11.7 Å². The number of amides is 1. The van der Waals surface area contributed by atoms with Crippen LogP contribution in [0.15, 0.2) is 66.9 Å². The number of carbonyl (C=O) groups excluding carboxylic acids is 1. The number of carbonyl (C=O) groups is 1. The number of ether oxygens (including phenoxy) is 1. The Morgan fingerprint density at radius 3 is 2.39 bits per heavy atom. The van der Waals surface area contributed by atoms with Crippen molar-refractivity contribution < 1.29 is 9.53 Å². The summed E-state index contributed by atoms with van der Waals surface area (Å²) in [4.78, 5) is 16.9. The van der Waals surface area contributed by atoms with Crippen molar-refractivity contribution in [2.24, 2.45) is 0 Å². The molecule has 1 N–H and O–H groups in total. The number of rotatable bonds is 5. The third-order valence-corrected chi connectivity index (χ3v) is 4.66. The van der Waals surface area contributed by atoms with E-state index in [1.807, 2.05) is 61.5 Å². The lowest BCUT2D eigenvalue weighted by atomic mass is 9.87. The molecule has 4 nitrogen and oxygen atoms in total. The average Bonchev–Trinajstić information content (AvgIpc) is 2.68. The first-order chi connectivity index (χ1) is 13.3. The van der Waals surface area contributed by atoms with Gasteiger partial charge in [0.1, 0.15) is 6.61 Å². The van der Waals surface area contributed by atoms with Crippen LogP contribution < -0.4 is 10.1 Å². The smallest absolute Gasteiger partial charge is 0.256 e. The van der Waals surface area contributed by atoms with Gasteiger partial charge in [0.2, 0.25) is 0 Å². The second-order valence-corrected chi connectivity index (χ2v) is 7.85. The van der Waals surface area contributed by atoms with Gasteiger partial charge in [0.25, 0.3) is 5.91 Å². The summed E-state index contributed by atoms with van der Waals surface area (Å²) < 4.78 is 5.93. The maximum atomic E-state index is 12.6. The molecule has 0 saturated carbocycles. The number of pyridine rings is 1. The molecule has 3 aromatic rings. The van der Waals surface area contributed by atoms with Crippen molar-refractivity contribution in [1.29, 1.82) is 0 Å². The van der Waals surface area contributed by atoms with Gasteiger partial charge in [-0.05, 0) is 53.3 Å². The summed E-state index contributed by atoms with van der Waals surface area (Å²) in [6.45, 7) is 8.91. The molecule has 0 bridgehead atoms. The van der Waals surface area contributed by atoms with Crippen LogP contribution in [0.25, 0.3) is 0 Å². The van der Waals surface area contributed by atoms with Crippen LogP contribution in [0, 0.1) is 6.92 Å². The van der Waals surface area contributed by atoms with E-state index in [1.165, 1.54) is 5.56 Å². The second-order valence-electron chi connectivity index (χ2n) is 7.85. The van der Waals surface area contributed by atoms with E-state index >= 15 is 0 Å². The van der Waals surface area contributed by atoms with E-state index in [0.717, 1.165) is 11.1 Å². The minimum absolute atomic E-state index is 0.0482. The molecule has 0 atom stereocenters. The highest BCUT2D eigenvalue weighted by Gasteiger charge is 2.15. The molecule has 0 saturated heterocycles. The topological polar surface area (TPSA) is 51.2 Å². The highest BCUT2D eigenvalue weighted by Crippen LogP contribution is 2.25. The molecule has 2 aromatic carbocycles. The Labute approximate surface area is 166 Å². The summed E-state index contributed by atoms with van der Waals surface area (Å²) in [6.07, 6.45) is 1.64. The van der Waals surface area contributed by atoms with Crippen molar-refractivity contribution in [3.8, 4) is 5.75 Å². The van der Waals surface area contributed by atoms with Gasteiger partial charge in [-0.2, -0.15) is 0 Å². The van der Waals surface area contributed by atoms with E-state index in [-0.39, 0.29) is 11.3 Å². The fraction of sp³-hybridized carbons (Fsp3) is 0.250. The van der Waals surface area contributed by atoms with Gasteiger partial charge in [-0.3, -0.25) is 4.79 Å².